The molecule has 120 valence electrons. The third kappa shape index (κ3) is 3.87. The van der Waals surface area contributed by atoms with Crippen LogP contribution in [0.15, 0.2) is 42.6 Å². The first kappa shape index (κ1) is 15.5. The first-order valence-corrected chi connectivity index (χ1v) is 7.95. The minimum absolute atomic E-state index is 0.140. The zero-order valence-electron chi connectivity index (χ0n) is 13.3. The molecule has 5 nitrogen and oxygen atoms in total. The third-order valence-electron chi connectivity index (χ3n) is 3.99. The summed E-state index contributed by atoms with van der Waals surface area (Å²) in [4.78, 5) is 18.8. The maximum absolute atomic E-state index is 12.2. The molecule has 0 bridgehead atoms. The van der Waals surface area contributed by atoms with Crippen molar-refractivity contribution in [3.05, 3.63) is 53.7 Å². The number of hydrogen-bond acceptors (Lipinski definition) is 4. The van der Waals surface area contributed by atoms with E-state index in [2.05, 4.69) is 22.1 Å². The van der Waals surface area contributed by atoms with E-state index in [0.29, 0.717) is 11.4 Å². The molecule has 1 N–H and O–H groups in total. The Morgan fingerprint density at radius 2 is 1.91 bits per heavy atom. The number of anilines is 2. The molecule has 1 amide bonds. The normalized spacial score (nSPS) is 14.6. The fourth-order valence-electron chi connectivity index (χ4n) is 2.55. The van der Waals surface area contributed by atoms with Crippen LogP contribution in [-0.4, -0.2) is 37.2 Å². The number of nitrogens with one attached hydrogen (secondary N) is 1. The summed E-state index contributed by atoms with van der Waals surface area (Å²) in [5.41, 5.74) is 2.91. The van der Waals surface area contributed by atoms with Gasteiger partial charge in [0.25, 0.3) is 5.91 Å². The molecule has 2 heterocycles. The van der Waals surface area contributed by atoms with Crippen molar-refractivity contribution in [3.63, 3.8) is 0 Å². The van der Waals surface area contributed by atoms with Gasteiger partial charge in [-0.25, -0.2) is 4.98 Å². The monoisotopic (exact) mass is 311 g/mol. The summed E-state index contributed by atoms with van der Waals surface area (Å²) in [5, 5.41) is 2.83. The van der Waals surface area contributed by atoms with Gasteiger partial charge in [0.15, 0.2) is 0 Å². The van der Waals surface area contributed by atoms with E-state index >= 15 is 0 Å². The topological polar surface area (TPSA) is 54.5 Å². The molecular weight excluding hydrogens is 290 g/mol. The number of morpholine rings is 1. The summed E-state index contributed by atoms with van der Waals surface area (Å²) < 4.78 is 5.34. The molecule has 0 radical (unpaired) electrons. The van der Waals surface area contributed by atoms with E-state index in [1.165, 1.54) is 5.56 Å². The van der Waals surface area contributed by atoms with Gasteiger partial charge in [-0.05, 0) is 36.2 Å². The zero-order chi connectivity index (χ0) is 16.1. The van der Waals surface area contributed by atoms with Crippen LogP contribution in [0.2, 0.25) is 0 Å². The van der Waals surface area contributed by atoms with Crippen LogP contribution in [0.4, 0.5) is 11.5 Å². The van der Waals surface area contributed by atoms with E-state index in [1.54, 1.807) is 6.20 Å². The molecule has 3 rings (SSSR count). The van der Waals surface area contributed by atoms with E-state index in [-0.39, 0.29) is 5.91 Å². The van der Waals surface area contributed by atoms with Crippen molar-refractivity contribution >= 4 is 17.4 Å². The van der Waals surface area contributed by atoms with Crippen molar-refractivity contribution < 1.29 is 9.53 Å². The van der Waals surface area contributed by atoms with E-state index in [9.17, 15) is 4.79 Å². The van der Waals surface area contributed by atoms with E-state index < -0.39 is 0 Å². The Balaban J connectivity index is 1.63. The molecule has 1 fully saturated rings. The van der Waals surface area contributed by atoms with Crippen molar-refractivity contribution in [2.24, 2.45) is 0 Å². The van der Waals surface area contributed by atoms with Gasteiger partial charge in [0.1, 0.15) is 5.82 Å². The highest BCUT2D eigenvalue weighted by Gasteiger charge is 2.12. The highest BCUT2D eigenvalue weighted by molar-refractivity contribution is 6.03. The molecule has 1 aromatic heterocycles. The van der Waals surface area contributed by atoms with Crippen LogP contribution >= 0.6 is 0 Å². The Hall–Kier alpha value is -2.40. The third-order valence-corrected chi connectivity index (χ3v) is 3.99. The fourth-order valence-corrected chi connectivity index (χ4v) is 2.55. The Kier molecular flexibility index (Phi) is 4.88. The van der Waals surface area contributed by atoms with Gasteiger partial charge in [0, 0.05) is 18.7 Å². The number of aryl methyl sites for hydroxylation is 1. The number of rotatable bonds is 4. The number of pyridine rings is 1. The summed E-state index contributed by atoms with van der Waals surface area (Å²) >= 11 is 0. The van der Waals surface area contributed by atoms with Gasteiger partial charge in [-0.1, -0.05) is 19.1 Å². The summed E-state index contributed by atoms with van der Waals surface area (Å²) in [7, 11) is 0. The Labute approximate surface area is 136 Å². The smallest absolute Gasteiger partial charge is 0.256 e. The molecule has 0 unspecified atom stereocenters. The fraction of sp³-hybridized carbons (Fsp3) is 0.333. The Morgan fingerprint density at radius 1 is 1.17 bits per heavy atom. The summed E-state index contributed by atoms with van der Waals surface area (Å²) in [6.45, 7) is 5.32. The van der Waals surface area contributed by atoms with Crippen LogP contribution in [0.3, 0.4) is 0 Å². The van der Waals surface area contributed by atoms with Crippen molar-refractivity contribution in [1.82, 2.24) is 4.98 Å². The molecule has 0 aliphatic carbocycles. The maximum Gasteiger partial charge on any atom is 0.256 e. The second kappa shape index (κ2) is 7.24. The average molecular weight is 311 g/mol. The van der Waals surface area contributed by atoms with Gasteiger partial charge < -0.3 is 15.0 Å². The molecule has 23 heavy (non-hydrogen) atoms. The van der Waals surface area contributed by atoms with Crippen LogP contribution in [0.25, 0.3) is 0 Å². The SMILES string of the molecule is CCc1ccc(C(=O)Nc2ccc(N3CCOCC3)cn2)cc1. The number of carbonyl (C=O) groups is 1. The van der Waals surface area contributed by atoms with Crippen LogP contribution in [-0.2, 0) is 11.2 Å². The molecule has 1 aliphatic heterocycles. The van der Waals surface area contributed by atoms with Crippen molar-refractivity contribution in [3.8, 4) is 0 Å². The molecule has 0 atom stereocenters. The molecule has 0 spiro atoms. The summed E-state index contributed by atoms with van der Waals surface area (Å²) in [5.74, 6) is 0.422. The minimum Gasteiger partial charge on any atom is -0.378 e. The largest absolute Gasteiger partial charge is 0.378 e. The predicted octanol–water partition coefficient (Wildman–Crippen LogP) is 2.73. The summed E-state index contributed by atoms with van der Waals surface area (Å²) in [6.07, 6.45) is 2.76. The molecule has 1 aromatic carbocycles. The molecule has 1 saturated heterocycles. The zero-order valence-corrected chi connectivity index (χ0v) is 13.3. The second-order valence-corrected chi connectivity index (χ2v) is 5.51. The maximum atomic E-state index is 12.2. The molecule has 2 aromatic rings. The van der Waals surface area contributed by atoms with Crippen LogP contribution < -0.4 is 10.2 Å². The standard InChI is InChI=1S/C18H21N3O2/c1-2-14-3-5-15(6-4-14)18(22)20-17-8-7-16(13-19-17)21-9-11-23-12-10-21/h3-8,13H,2,9-12H2,1H3,(H,19,20,22). The molecule has 0 saturated carbocycles. The van der Waals surface area contributed by atoms with Gasteiger partial charge in [-0.3, -0.25) is 4.79 Å². The highest BCUT2D eigenvalue weighted by atomic mass is 16.5. The molecule has 5 heteroatoms. The lowest BCUT2D eigenvalue weighted by Gasteiger charge is -2.28. The number of nitrogens with zero attached hydrogens (tertiary/aromatic N) is 2. The minimum atomic E-state index is -0.140. The number of ether oxygens (including phenoxy) is 1. The van der Waals surface area contributed by atoms with Crippen molar-refractivity contribution in [2.45, 2.75) is 13.3 Å². The van der Waals surface area contributed by atoms with E-state index in [0.717, 1.165) is 38.4 Å². The second-order valence-electron chi connectivity index (χ2n) is 5.51. The average Bonchev–Trinajstić information content (AvgIpc) is 2.63. The summed E-state index contributed by atoms with van der Waals surface area (Å²) in [6, 6.07) is 11.5. The number of hydrogen-bond donors (Lipinski definition) is 1. The van der Waals surface area contributed by atoms with Crippen LogP contribution in [0.5, 0.6) is 0 Å². The predicted molar refractivity (Wildman–Crippen MR) is 91.0 cm³/mol. The number of aromatic nitrogens is 1. The van der Waals surface area contributed by atoms with E-state index in [1.807, 2.05) is 36.4 Å². The highest BCUT2D eigenvalue weighted by Crippen LogP contribution is 2.17. The lowest BCUT2D eigenvalue weighted by molar-refractivity contribution is 0.102. The van der Waals surface area contributed by atoms with Crippen molar-refractivity contribution in [1.29, 1.82) is 0 Å². The van der Waals surface area contributed by atoms with Gasteiger partial charge in [0.05, 0.1) is 25.1 Å². The number of amides is 1. The van der Waals surface area contributed by atoms with Crippen molar-refractivity contribution in [2.75, 3.05) is 36.5 Å². The van der Waals surface area contributed by atoms with Crippen LogP contribution in [0, 0.1) is 0 Å². The molecular formula is C18H21N3O2. The Bertz CT molecular complexity index is 647. The van der Waals surface area contributed by atoms with Gasteiger partial charge in [-0.2, -0.15) is 0 Å². The number of benzene rings is 1. The van der Waals surface area contributed by atoms with Gasteiger partial charge >= 0.3 is 0 Å². The van der Waals surface area contributed by atoms with E-state index in [4.69, 9.17) is 4.74 Å². The first-order valence-electron chi connectivity index (χ1n) is 7.95. The first-order chi connectivity index (χ1) is 11.3. The van der Waals surface area contributed by atoms with Crippen LogP contribution in [0.1, 0.15) is 22.8 Å². The quantitative estimate of drug-likeness (QED) is 0.943. The van der Waals surface area contributed by atoms with Gasteiger partial charge in [-0.15, -0.1) is 0 Å². The van der Waals surface area contributed by atoms with Gasteiger partial charge in [0.2, 0.25) is 0 Å². The molecule has 1 aliphatic rings. The number of carbonyl (C=O) groups excluding carboxylic acids is 1. The Morgan fingerprint density at radius 3 is 2.52 bits per heavy atom. The lowest BCUT2D eigenvalue weighted by atomic mass is 10.1. The lowest BCUT2D eigenvalue weighted by Crippen LogP contribution is -2.36.